The van der Waals surface area contributed by atoms with Gasteiger partial charge in [-0.15, -0.1) is 0 Å². The molecule has 0 atom stereocenters. The van der Waals surface area contributed by atoms with Crippen LogP contribution in [0, 0.1) is 5.92 Å². The summed E-state index contributed by atoms with van der Waals surface area (Å²) >= 11 is 0. The Labute approximate surface area is 154 Å². The Morgan fingerprint density at radius 2 is 0.875 bits per heavy atom. The highest BCUT2D eigenvalue weighted by Gasteiger charge is 1.96. The van der Waals surface area contributed by atoms with Crippen molar-refractivity contribution in [2.75, 3.05) is 13.2 Å². The summed E-state index contributed by atoms with van der Waals surface area (Å²) in [6.07, 6.45) is 24.0. The summed E-state index contributed by atoms with van der Waals surface area (Å²) in [5.41, 5.74) is 0. The SMILES string of the molecule is CCCCOCCCCCCCCCCCCCCCCC(C)C. The van der Waals surface area contributed by atoms with Crippen LogP contribution in [0.15, 0.2) is 0 Å². The Kier molecular flexibility index (Phi) is 21.0. The van der Waals surface area contributed by atoms with Gasteiger partial charge in [0.15, 0.2) is 0 Å². The molecule has 0 N–H and O–H groups in total. The van der Waals surface area contributed by atoms with Crippen molar-refractivity contribution in [1.82, 2.24) is 0 Å². The Bertz CT molecular complexity index is 212. The molecule has 0 amide bonds. The van der Waals surface area contributed by atoms with Crippen LogP contribution >= 0.6 is 0 Å². The molecule has 146 valence electrons. The maximum absolute atomic E-state index is 5.60. The zero-order valence-electron chi connectivity index (χ0n) is 17.4. The van der Waals surface area contributed by atoms with Crippen molar-refractivity contribution in [2.45, 2.75) is 130 Å². The summed E-state index contributed by atoms with van der Waals surface area (Å²) < 4.78 is 5.60. The van der Waals surface area contributed by atoms with Crippen LogP contribution in [0.3, 0.4) is 0 Å². The van der Waals surface area contributed by atoms with Crippen LogP contribution in [-0.4, -0.2) is 13.2 Å². The fraction of sp³-hybridized carbons (Fsp3) is 1.00. The number of unbranched alkanes of at least 4 members (excludes halogenated alkanes) is 14. The van der Waals surface area contributed by atoms with Gasteiger partial charge in [0.25, 0.3) is 0 Å². The lowest BCUT2D eigenvalue weighted by atomic mass is 10.0. The van der Waals surface area contributed by atoms with E-state index in [1.807, 2.05) is 0 Å². The van der Waals surface area contributed by atoms with Crippen LogP contribution in [0.5, 0.6) is 0 Å². The summed E-state index contributed by atoms with van der Waals surface area (Å²) in [6, 6.07) is 0. The van der Waals surface area contributed by atoms with Gasteiger partial charge in [0.2, 0.25) is 0 Å². The fourth-order valence-electron chi connectivity index (χ4n) is 3.23. The van der Waals surface area contributed by atoms with Gasteiger partial charge < -0.3 is 4.74 Å². The molecule has 0 aromatic carbocycles. The largest absolute Gasteiger partial charge is 0.381 e. The van der Waals surface area contributed by atoms with E-state index in [4.69, 9.17) is 4.74 Å². The van der Waals surface area contributed by atoms with Gasteiger partial charge in [-0.3, -0.25) is 0 Å². The minimum atomic E-state index is 0.893. The van der Waals surface area contributed by atoms with E-state index >= 15 is 0 Å². The minimum absolute atomic E-state index is 0.893. The predicted octanol–water partition coefficient (Wildman–Crippen LogP) is 8.31. The molecular formula is C23H48O. The molecule has 0 saturated carbocycles. The molecule has 0 spiro atoms. The monoisotopic (exact) mass is 340 g/mol. The van der Waals surface area contributed by atoms with Gasteiger partial charge in [-0.2, -0.15) is 0 Å². The van der Waals surface area contributed by atoms with Gasteiger partial charge in [-0.05, 0) is 18.8 Å². The maximum Gasteiger partial charge on any atom is 0.0466 e. The molecule has 0 aliphatic heterocycles. The second-order valence-corrected chi connectivity index (χ2v) is 8.10. The first-order valence-electron chi connectivity index (χ1n) is 11.3. The van der Waals surface area contributed by atoms with Crippen LogP contribution in [0.2, 0.25) is 0 Å². The number of ether oxygens (including phenoxy) is 1. The molecule has 0 saturated heterocycles. The van der Waals surface area contributed by atoms with Gasteiger partial charge in [0.1, 0.15) is 0 Å². The summed E-state index contributed by atoms with van der Waals surface area (Å²) in [5.74, 6) is 0.893. The van der Waals surface area contributed by atoms with Crippen molar-refractivity contribution in [3.05, 3.63) is 0 Å². The van der Waals surface area contributed by atoms with E-state index in [1.54, 1.807) is 0 Å². The minimum Gasteiger partial charge on any atom is -0.381 e. The smallest absolute Gasteiger partial charge is 0.0466 e. The molecule has 1 nitrogen and oxygen atoms in total. The van der Waals surface area contributed by atoms with Crippen molar-refractivity contribution in [3.63, 3.8) is 0 Å². The van der Waals surface area contributed by atoms with Crippen molar-refractivity contribution in [2.24, 2.45) is 5.92 Å². The zero-order valence-corrected chi connectivity index (χ0v) is 17.4. The quantitative estimate of drug-likeness (QED) is 0.202. The Morgan fingerprint density at radius 1 is 0.500 bits per heavy atom. The third-order valence-corrected chi connectivity index (χ3v) is 4.96. The predicted molar refractivity (Wildman–Crippen MR) is 110 cm³/mol. The molecule has 0 heterocycles. The molecule has 0 aliphatic rings. The molecule has 0 bridgehead atoms. The van der Waals surface area contributed by atoms with E-state index in [2.05, 4.69) is 20.8 Å². The van der Waals surface area contributed by atoms with E-state index < -0.39 is 0 Å². The lowest BCUT2D eigenvalue weighted by Gasteiger charge is -2.05. The van der Waals surface area contributed by atoms with Crippen molar-refractivity contribution < 1.29 is 4.74 Å². The summed E-state index contributed by atoms with van der Waals surface area (Å²) in [7, 11) is 0. The second kappa shape index (κ2) is 21.0. The van der Waals surface area contributed by atoms with Crippen molar-refractivity contribution >= 4 is 0 Å². The van der Waals surface area contributed by atoms with Gasteiger partial charge in [-0.25, -0.2) is 0 Å². The highest BCUT2D eigenvalue weighted by atomic mass is 16.5. The number of rotatable bonds is 20. The highest BCUT2D eigenvalue weighted by Crippen LogP contribution is 2.14. The lowest BCUT2D eigenvalue weighted by Crippen LogP contribution is -1.96. The zero-order chi connectivity index (χ0) is 17.7. The average molecular weight is 341 g/mol. The third kappa shape index (κ3) is 22.0. The standard InChI is InChI=1S/C23H48O/c1-4-5-21-24-22-19-17-15-13-11-9-7-6-8-10-12-14-16-18-20-23(2)3/h23H,4-22H2,1-3H3. The summed E-state index contributed by atoms with van der Waals surface area (Å²) in [4.78, 5) is 0. The number of hydrogen-bond acceptors (Lipinski definition) is 1. The Morgan fingerprint density at radius 3 is 1.29 bits per heavy atom. The van der Waals surface area contributed by atoms with Crippen LogP contribution < -0.4 is 0 Å². The van der Waals surface area contributed by atoms with Crippen LogP contribution in [-0.2, 0) is 4.74 Å². The molecule has 0 aliphatic carbocycles. The van der Waals surface area contributed by atoms with Crippen molar-refractivity contribution in [1.29, 1.82) is 0 Å². The Hall–Kier alpha value is -0.0400. The lowest BCUT2D eigenvalue weighted by molar-refractivity contribution is 0.127. The molecular weight excluding hydrogens is 292 g/mol. The van der Waals surface area contributed by atoms with E-state index in [1.165, 1.54) is 109 Å². The van der Waals surface area contributed by atoms with Gasteiger partial charge in [0.05, 0.1) is 0 Å². The molecule has 1 heteroatoms. The highest BCUT2D eigenvalue weighted by molar-refractivity contribution is 4.51. The molecule has 0 aromatic heterocycles. The first kappa shape index (κ1) is 24.0. The third-order valence-electron chi connectivity index (χ3n) is 4.96. The van der Waals surface area contributed by atoms with Crippen LogP contribution in [0.4, 0.5) is 0 Å². The molecule has 24 heavy (non-hydrogen) atoms. The van der Waals surface area contributed by atoms with E-state index in [0.717, 1.165) is 19.1 Å². The van der Waals surface area contributed by atoms with E-state index in [0.29, 0.717) is 0 Å². The Balaban J connectivity index is 2.95. The van der Waals surface area contributed by atoms with Crippen LogP contribution in [0.25, 0.3) is 0 Å². The maximum atomic E-state index is 5.60. The summed E-state index contributed by atoms with van der Waals surface area (Å²) in [5, 5.41) is 0. The normalized spacial score (nSPS) is 11.5. The van der Waals surface area contributed by atoms with E-state index in [-0.39, 0.29) is 0 Å². The fourth-order valence-corrected chi connectivity index (χ4v) is 3.23. The molecule has 0 rings (SSSR count). The van der Waals surface area contributed by atoms with Gasteiger partial charge in [0, 0.05) is 13.2 Å². The molecule has 0 fully saturated rings. The van der Waals surface area contributed by atoms with Crippen molar-refractivity contribution in [3.8, 4) is 0 Å². The van der Waals surface area contributed by atoms with E-state index in [9.17, 15) is 0 Å². The summed E-state index contributed by atoms with van der Waals surface area (Å²) in [6.45, 7) is 8.84. The van der Waals surface area contributed by atoms with Gasteiger partial charge in [-0.1, -0.05) is 117 Å². The molecule has 0 aromatic rings. The molecule has 0 radical (unpaired) electrons. The second-order valence-electron chi connectivity index (χ2n) is 8.10. The first-order chi connectivity index (χ1) is 11.8. The first-order valence-corrected chi connectivity index (χ1v) is 11.3. The molecule has 0 unspecified atom stereocenters. The number of hydrogen-bond donors (Lipinski definition) is 0. The van der Waals surface area contributed by atoms with Crippen LogP contribution in [0.1, 0.15) is 130 Å². The average Bonchev–Trinajstić information content (AvgIpc) is 2.56. The topological polar surface area (TPSA) is 9.23 Å². The van der Waals surface area contributed by atoms with Gasteiger partial charge >= 0.3 is 0 Å².